The molecule has 0 aliphatic carbocycles. The number of aromatic nitrogens is 15. The Kier molecular flexibility index (Phi) is 40.7. The Morgan fingerprint density at radius 2 is 0.694 bits per heavy atom. The number of rotatable bonds is 16. The van der Waals surface area contributed by atoms with Crippen molar-refractivity contribution in [2.24, 2.45) is 0 Å². The normalized spacial score (nSPS) is 10.7. The van der Waals surface area contributed by atoms with Crippen LogP contribution in [0.2, 0.25) is 0 Å². The minimum Gasteiger partial charge on any atom is -0.619 e. The van der Waals surface area contributed by atoms with Crippen molar-refractivity contribution in [3.8, 4) is 140 Å². The van der Waals surface area contributed by atoms with Crippen LogP contribution in [0.1, 0.15) is 39.9 Å². The van der Waals surface area contributed by atoms with E-state index in [0.29, 0.717) is 0 Å². The van der Waals surface area contributed by atoms with E-state index in [1.165, 1.54) is 73.2 Å². The van der Waals surface area contributed by atoms with Crippen molar-refractivity contribution >= 4 is 11.4 Å². The molecule has 16 aromatic carbocycles. The number of para-hydroxylation sites is 4. The second-order valence-corrected chi connectivity index (χ2v) is 33.0. The van der Waals surface area contributed by atoms with Crippen LogP contribution < -0.4 is 25.1 Å². The maximum Gasteiger partial charge on any atom is 4.00 e. The van der Waals surface area contributed by atoms with E-state index >= 15 is 0 Å². The van der Waals surface area contributed by atoms with Crippen LogP contribution in [0.4, 0.5) is 5.69 Å². The first kappa shape index (κ1) is 108. The summed E-state index contributed by atoms with van der Waals surface area (Å²) in [6.45, 7) is 14.0. The van der Waals surface area contributed by atoms with Crippen molar-refractivity contribution in [2.75, 3.05) is 11.9 Å². The molecule has 0 fully saturated rings. The van der Waals surface area contributed by atoms with Gasteiger partial charge in [-0.05, 0) is 126 Å². The second-order valence-electron chi connectivity index (χ2n) is 33.0. The minimum atomic E-state index is 0. The molecule has 0 N–H and O–H groups in total. The molecule has 0 atom stereocenters. The number of benzene rings is 16. The van der Waals surface area contributed by atoms with Crippen molar-refractivity contribution < 1.29 is 84.3 Å². The molecule has 0 spiro atoms. The predicted octanol–water partition coefficient (Wildman–Crippen LogP) is 27.3. The molecule has 7 aromatic heterocycles. The van der Waals surface area contributed by atoms with Gasteiger partial charge in [-0.15, -0.1) is 186 Å². The summed E-state index contributed by atoms with van der Waals surface area (Å²) < 4.78 is 3.82. The van der Waals surface area contributed by atoms with Crippen LogP contribution >= 0.6 is 0 Å². The van der Waals surface area contributed by atoms with Crippen LogP contribution in [0.5, 0.6) is 0 Å². The molecule has 0 unspecified atom stereocenters. The minimum absolute atomic E-state index is 0. The Morgan fingerprint density at radius 3 is 1.09 bits per heavy atom. The first-order valence-electron chi connectivity index (χ1n) is 46.7. The third kappa shape index (κ3) is 29.9. The van der Waals surface area contributed by atoms with Crippen LogP contribution in [0, 0.1) is 96.7 Å². The van der Waals surface area contributed by atoms with Gasteiger partial charge >= 0.3 is 21.1 Å². The monoisotopic (exact) mass is 2630 g/mol. The molecule has 147 heavy (non-hydrogen) atoms. The SMILES string of the molecule is CN1[CH-]N(c2[c-]cccc2)C=C1c1ccc(-c2ccccc2)cc1.Cc1cc(-c2[c-]cccc2)[n-]n1.Cc1cc(-c2[c-]cccc2)[n-]n1.Cc1nc(C)c(-c2[c-]cccc2)[n-]1.Cc1nn(-c2[c-]cccc2)c(C)c1-c1ccc(-c2ccccc2)cc1.[Pt+4].[Pt].[Pt].[Pt].[c-]1ccccc1-c1cnc[n-]1.[c-]1ccccc1-n1cc(-c2ccc(-c3ccccc3)cc2)cn1.[c-]1ccccc1-n1ncc(-c2ccc(-c3ccccc3)cc2)n1. The molecule has 736 valence electrons. The Morgan fingerprint density at radius 1 is 0.320 bits per heavy atom. The van der Waals surface area contributed by atoms with Gasteiger partial charge in [0.2, 0.25) is 0 Å². The van der Waals surface area contributed by atoms with E-state index in [9.17, 15) is 0 Å². The van der Waals surface area contributed by atoms with Gasteiger partial charge in [0.05, 0.1) is 18.1 Å². The number of imidazole rings is 2. The van der Waals surface area contributed by atoms with E-state index in [4.69, 9.17) is 5.10 Å². The number of aryl methyl sites for hydroxylation is 5. The average Bonchev–Trinajstić information content (AvgIpc) is 1.65. The van der Waals surface area contributed by atoms with E-state index in [2.05, 4.69) is 336 Å². The molecule has 0 amide bonds. The van der Waals surface area contributed by atoms with Crippen LogP contribution in [-0.2, 0) is 84.3 Å². The van der Waals surface area contributed by atoms with Gasteiger partial charge in [0.1, 0.15) is 5.69 Å². The molecule has 21 heteroatoms. The standard InChI is InChI=1S/C23H19N2.C22H18N2.C21H15N2.C20H14N3.C11H10N2.2C10H8N2.C9H6N2.4Pt/c1-17-23(18(2)25(24-17)22-11-7-4-8-12-22)21-15-13-20(14-16-21)19-9-5-3-6-10-19;1-23-17-24(21-10-6-3-7-11-21)16-22(23)20-14-12-19(13-15-20)18-8-4-2-5-9-18;1-3-7-17(8-4-1)18-11-13-19(14-12-18)20-15-22-23(16-20)21-9-5-2-6-10-21;1-3-7-16(8-4-1)17-11-13-18(14-12-17)20-15-21-23(22-20)19-9-5-2-6-10-19;1-8-11(13-9(2)12-8)10-6-4-3-5-7-10;2*1-8-7-10(12-11-8)9-5-3-2-4-6-9;1-2-4-8(5-3-1)9-6-10-7-11-9;;;;/h3-11,13-16H,1-2H3;2-10,12-17H,1H3;1-9,11-16H;1-9,11-15H;3-6H,1-2H3;2*2-5,7H,1H3;1-4,6-7H;;;;/q-1;-2;2*-1;4*-2;;;;+4. The molecule has 0 radical (unpaired) electrons. The van der Waals surface area contributed by atoms with Gasteiger partial charge in [0, 0.05) is 109 Å². The topological polar surface area (TPSA) is 181 Å². The summed E-state index contributed by atoms with van der Waals surface area (Å²) >= 11 is 0. The maximum atomic E-state index is 4.72. The first-order chi connectivity index (χ1) is 70.3. The molecule has 0 saturated heterocycles. The summed E-state index contributed by atoms with van der Waals surface area (Å²) in [5.74, 6) is 0.824. The van der Waals surface area contributed by atoms with Crippen LogP contribution in [0.15, 0.2) is 462 Å². The molecule has 8 heterocycles. The van der Waals surface area contributed by atoms with Gasteiger partial charge in [-0.2, -0.15) is 146 Å². The first-order valence-corrected chi connectivity index (χ1v) is 46.7. The second kappa shape index (κ2) is 55.2. The van der Waals surface area contributed by atoms with E-state index in [-0.39, 0.29) is 84.3 Å². The number of hydrogen-bond acceptors (Lipinski definition) is 10. The van der Waals surface area contributed by atoms with E-state index in [1.807, 2.05) is 286 Å². The zero-order valence-electron chi connectivity index (χ0n) is 81.3. The Balaban J connectivity index is 0.000000142. The third-order valence-electron chi connectivity index (χ3n) is 22.9. The average molecular weight is 2630 g/mol. The quantitative estimate of drug-likeness (QED) is 0.0833. The molecule has 24 rings (SSSR count). The summed E-state index contributed by atoms with van der Waals surface area (Å²) in [5.41, 5.74) is 35.1. The van der Waals surface area contributed by atoms with Gasteiger partial charge in [-0.25, -0.2) is 11.4 Å². The van der Waals surface area contributed by atoms with Gasteiger partial charge in [0.25, 0.3) is 0 Å². The summed E-state index contributed by atoms with van der Waals surface area (Å²) in [5, 5.41) is 33.9. The smallest absolute Gasteiger partial charge is 0.619 e. The Labute approximate surface area is 917 Å². The van der Waals surface area contributed by atoms with E-state index in [1.54, 1.807) is 17.2 Å². The predicted molar refractivity (Wildman–Crippen MR) is 573 cm³/mol. The fourth-order valence-electron chi connectivity index (χ4n) is 15.7. The van der Waals surface area contributed by atoms with Crippen molar-refractivity contribution in [1.82, 2.24) is 79.8 Å². The fraction of sp³-hybridized carbons (Fsp3) is 0.0556. The van der Waals surface area contributed by atoms with Crippen molar-refractivity contribution in [3.63, 3.8) is 0 Å². The molecular weight excluding hydrogens is 2530 g/mol. The van der Waals surface area contributed by atoms with Gasteiger partial charge in [-0.3, -0.25) is 9.36 Å². The van der Waals surface area contributed by atoms with E-state index < -0.39 is 0 Å². The van der Waals surface area contributed by atoms with Gasteiger partial charge in [-0.1, -0.05) is 243 Å². The molecular formula is C126H98N17Pt4-9. The van der Waals surface area contributed by atoms with Crippen LogP contribution in [0.3, 0.4) is 0 Å². The van der Waals surface area contributed by atoms with E-state index in [0.717, 1.165) is 124 Å². The van der Waals surface area contributed by atoms with Gasteiger partial charge in [0.15, 0.2) is 0 Å². The maximum absolute atomic E-state index is 4.72. The van der Waals surface area contributed by atoms with Crippen molar-refractivity contribution in [2.45, 2.75) is 41.5 Å². The van der Waals surface area contributed by atoms with Gasteiger partial charge < -0.3 is 50.1 Å². The zero-order valence-corrected chi connectivity index (χ0v) is 90.4. The molecule has 0 bridgehead atoms. The summed E-state index contributed by atoms with van der Waals surface area (Å²) in [6, 6.07) is 168. The van der Waals surface area contributed by atoms with Crippen molar-refractivity contribution in [3.05, 3.63) is 557 Å². The zero-order chi connectivity index (χ0) is 98.1. The number of anilines is 1. The molecule has 23 aromatic rings. The van der Waals surface area contributed by atoms with Crippen molar-refractivity contribution in [1.29, 1.82) is 0 Å². The largest absolute Gasteiger partial charge is 4.00 e. The molecule has 1 aliphatic rings. The Bertz CT molecular complexity index is 7550. The van der Waals surface area contributed by atoms with Crippen LogP contribution in [-0.4, -0.2) is 66.7 Å². The molecule has 1 aliphatic heterocycles. The van der Waals surface area contributed by atoms with Crippen LogP contribution in [0.25, 0.3) is 146 Å². The fourth-order valence-corrected chi connectivity index (χ4v) is 15.7. The molecule has 17 nitrogen and oxygen atoms in total. The molecule has 0 saturated carbocycles. The Hall–Kier alpha value is -16.0. The third-order valence-corrected chi connectivity index (χ3v) is 22.9. The number of hydrogen-bond donors (Lipinski definition) is 0. The summed E-state index contributed by atoms with van der Waals surface area (Å²) in [4.78, 5) is 22.3. The summed E-state index contributed by atoms with van der Waals surface area (Å²) in [7, 11) is 2.07. The number of nitrogens with zero attached hydrogens (tertiary/aromatic N) is 17. The summed E-state index contributed by atoms with van der Waals surface area (Å²) in [6.07, 6.45) is 11.1.